The smallest absolute Gasteiger partial charge is 0.309 e. The highest BCUT2D eigenvalue weighted by molar-refractivity contribution is 5.70. The lowest BCUT2D eigenvalue weighted by atomic mass is 9.97. The van der Waals surface area contributed by atoms with Crippen LogP contribution in [-0.4, -0.2) is 21.3 Å². The van der Waals surface area contributed by atoms with Gasteiger partial charge in [0.15, 0.2) is 0 Å². The number of phenolic OH excluding ortho intramolecular Hbond substituents is 1. The van der Waals surface area contributed by atoms with Crippen LogP contribution < -0.4 is 0 Å². The van der Waals surface area contributed by atoms with Crippen LogP contribution in [0.15, 0.2) is 24.3 Å². The number of rotatable bonds is 3. The lowest BCUT2D eigenvalue weighted by molar-refractivity contribution is -0.145. The second kappa shape index (κ2) is 4.11. The van der Waals surface area contributed by atoms with Gasteiger partial charge in [0, 0.05) is 0 Å². The van der Waals surface area contributed by atoms with E-state index in [1.165, 1.54) is 19.1 Å². The maximum Gasteiger partial charge on any atom is 0.309 e. The fourth-order valence-corrected chi connectivity index (χ4v) is 1.13. The lowest BCUT2D eigenvalue weighted by Gasteiger charge is -2.15. The van der Waals surface area contributed by atoms with E-state index in [4.69, 9.17) is 10.2 Å². The van der Waals surface area contributed by atoms with Gasteiger partial charge in [0.2, 0.25) is 0 Å². The Kier molecular flexibility index (Phi) is 3.09. The van der Waals surface area contributed by atoms with Crippen molar-refractivity contribution in [1.82, 2.24) is 0 Å². The number of carbonyl (C=O) groups is 1. The summed E-state index contributed by atoms with van der Waals surface area (Å²) in [5.74, 6) is -1.95. The van der Waals surface area contributed by atoms with Crippen molar-refractivity contribution in [2.75, 3.05) is 0 Å². The van der Waals surface area contributed by atoms with Gasteiger partial charge < -0.3 is 15.3 Å². The van der Waals surface area contributed by atoms with Crippen molar-refractivity contribution in [1.29, 1.82) is 0 Å². The summed E-state index contributed by atoms with van der Waals surface area (Å²) < 4.78 is 0. The summed E-state index contributed by atoms with van der Waals surface area (Å²) in [6, 6.07) is 5.94. The molecule has 0 aromatic heterocycles. The number of hydrogen-bond donors (Lipinski definition) is 3. The van der Waals surface area contributed by atoms with E-state index in [1.807, 2.05) is 0 Å². The van der Waals surface area contributed by atoms with E-state index in [-0.39, 0.29) is 5.75 Å². The van der Waals surface area contributed by atoms with Gasteiger partial charge in [0.1, 0.15) is 5.75 Å². The zero-order chi connectivity index (χ0) is 10.7. The summed E-state index contributed by atoms with van der Waals surface area (Å²) in [6.07, 6.45) is -1.10. The molecule has 0 radical (unpaired) electrons. The van der Waals surface area contributed by atoms with Crippen LogP contribution in [-0.2, 0) is 4.79 Å². The van der Waals surface area contributed by atoms with Gasteiger partial charge in [-0.05, 0) is 24.6 Å². The summed E-state index contributed by atoms with van der Waals surface area (Å²) in [5, 5.41) is 27.4. The summed E-state index contributed by atoms with van der Waals surface area (Å²) in [6.45, 7) is 1.41. The highest BCUT2D eigenvalue weighted by Gasteiger charge is 2.22. The molecule has 76 valence electrons. The number of aliphatic hydroxyl groups is 1. The van der Waals surface area contributed by atoms with Crippen LogP contribution in [0.3, 0.4) is 0 Å². The third kappa shape index (κ3) is 2.23. The minimum atomic E-state index is -1.10. The summed E-state index contributed by atoms with van der Waals surface area (Å²) >= 11 is 0. The molecule has 4 nitrogen and oxygen atoms in total. The Morgan fingerprint density at radius 3 is 2.57 bits per heavy atom. The van der Waals surface area contributed by atoms with E-state index in [2.05, 4.69) is 0 Å². The molecule has 0 unspecified atom stereocenters. The Morgan fingerprint density at radius 1 is 1.43 bits per heavy atom. The van der Waals surface area contributed by atoms with E-state index >= 15 is 0 Å². The van der Waals surface area contributed by atoms with Crippen molar-refractivity contribution in [2.45, 2.75) is 13.0 Å². The Labute approximate surface area is 81.4 Å². The summed E-state index contributed by atoms with van der Waals surface area (Å²) in [7, 11) is 0. The van der Waals surface area contributed by atoms with Gasteiger partial charge in [-0.3, -0.25) is 4.79 Å². The minimum absolute atomic E-state index is 0.0131. The lowest BCUT2D eigenvalue weighted by Crippen LogP contribution is -2.18. The molecule has 0 amide bonds. The summed E-state index contributed by atoms with van der Waals surface area (Å²) in [4.78, 5) is 10.6. The minimum Gasteiger partial charge on any atom is -0.508 e. The molecule has 0 aliphatic carbocycles. The molecule has 1 aromatic carbocycles. The fraction of sp³-hybridized carbons (Fsp3) is 0.300. The number of aliphatic carboxylic acids is 1. The number of phenols is 1. The molecule has 0 heterocycles. The third-order valence-corrected chi connectivity index (χ3v) is 2.07. The van der Waals surface area contributed by atoms with Crippen LogP contribution >= 0.6 is 0 Å². The van der Waals surface area contributed by atoms with Crippen molar-refractivity contribution in [2.24, 2.45) is 5.92 Å². The van der Waals surface area contributed by atoms with E-state index in [1.54, 1.807) is 12.1 Å². The van der Waals surface area contributed by atoms with E-state index in [0.29, 0.717) is 5.56 Å². The average Bonchev–Trinajstić information content (AvgIpc) is 2.15. The maximum absolute atomic E-state index is 10.6. The van der Waals surface area contributed by atoms with Gasteiger partial charge in [0.05, 0.1) is 12.0 Å². The van der Waals surface area contributed by atoms with Gasteiger partial charge in [-0.1, -0.05) is 12.1 Å². The van der Waals surface area contributed by atoms with Crippen LogP contribution in [0.4, 0.5) is 0 Å². The van der Waals surface area contributed by atoms with E-state index in [9.17, 15) is 9.90 Å². The van der Waals surface area contributed by atoms with Crippen molar-refractivity contribution >= 4 is 5.97 Å². The van der Waals surface area contributed by atoms with Gasteiger partial charge in [-0.2, -0.15) is 0 Å². The molecule has 1 rings (SSSR count). The molecular formula is C10H12O4. The largest absolute Gasteiger partial charge is 0.508 e. The van der Waals surface area contributed by atoms with E-state index < -0.39 is 18.0 Å². The Balaban J connectivity index is 2.89. The topological polar surface area (TPSA) is 77.8 Å². The molecule has 0 aliphatic rings. The molecule has 0 saturated carbocycles. The van der Waals surface area contributed by atoms with Gasteiger partial charge in [-0.15, -0.1) is 0 Å². The van der Waals surface area contributed by atoms with Crippen LogP contribution in [0, 0.1) is 5.92 Å². The molecule has 0 fully saturated rings. The predicted molar refractivity (Wildman–Crippen MR) is 49.9 cm³/mol. The molecule has 0 aliphatic heterocycles. The highest BCUT2D eigenvalue weighted by atomic mass is 16.4. The maximum atomic E-state index is 10.6. The molecule has 14 heavy (non-hydrogen) atoms. The first-order valence-electron chi connectivity index (χ1n) is 4.22. The zero-order valence-electron chi connectivity index (χ0n) is 7.71. The van der Waals surface area contributed by atoms with Crippen molar-refractivity contribution in [3.05, 3.63) is 29.8 Å². The van der Waals surface area contributed by atoms with Gasteiger partial charge in [-0.25, -0.2) is 0 Å². The predicted octanol–water partition coefficient (Wildman–Crippen LogP) is 1.15. The van der Waals surface area contributed by atoms with Crippen LogP contribution in [0.5, 0.6) is 5.75 Å². The number of aliphatic hydroxyl groups excluding tert-OH is 1. The Morgan fingerprint density at radius 2 is 2.07 bits per heavy atom. The van der Waals surface area contributed by atoms with Gasteiger partial charge in [0.25, 0.3) is 0 Å². The number of hydrogen-bond acceptors (Lipinski definition) is 3. The Hall–Kier alpha value is -1.55. The second-order valence-corrected chi connectivity index (χ2v) is 3.17. The first-order valence-corrected chi connectivity index (χ1v) is 4.22. The zero-order valence-corrected chi connectivity index (χ0v) is 7.71. The third-order valence-electron chi connectivity index (χ3n) is 2.07. The SMILES string of the molecule is C[C@H](C(=O)O)[C@@H](O)c1cccc(O)c1. The molecular weight excluding hydrogens is 184 g/mol. The second-order valence-electron chi connectivity index (χ2n) is 3.17. The molecule has 0 saturated heterocycles. The van der Waals surface area contributed by atoms with Crippen LogP contribution in [0.2, 0.25) is 0 Å². The molecule has 1 aromatic rings. The van der Waals surface area contributed by atoms with Crippen molar-refractivity contribution < 1.29 is 20.1 Å². The standard InChI is InChI=1S/C10H12O4/c1-6(10(13)14)9(12)7-3-2-4-8(11)5-7/h2-6,9,11-12H,1H3,(H,13,14)/t6-,9+/m0/s1. The normalized spacial score (nSPS) is 14.7. The first-order chi connectivity index (χ1) is 6.52. The molecule has 0 spiro atoms. The van der Waals surface area contributed by atoms with E-state index in [0.717, 1.165) is 0 Å². The number of carboxylic acid groups (broad SMARTS) is 1. The Bertz CT molecular complexity index is 335. The van der Waals surface area contributed by atoms with Crippen molar-refractivity contribution in [3.8, 4) is 5.75 Å². The average molecular weight is 196 g/mol. The first kappa shape index (κ1) is 10.5. The van der Waals surface area contributed by atoms with Crippen LogP contribution in [0.25, 0.3) is 0 Å². The quantitative estimate of drug-likeness (QED) is 0.677. The fourth-order valence-electron chi connectivity index (χ4n) is 1.13. The summed E-state index contributed by atoms with van der Waals surface area (Å²) in [5.41, 5.74) is 0.403. The van der Waals surface area contributed by atoms with Crippen LogP contribution in [0.1, 0.15) is 18.6 Å². The molecule has 4 heteroatoms. The van der Waals surface area contributed by atoms with Crippen molar-refractivity contribution in [3.63, 3.8) is 0 Å². The monoisotopic (exact) mass is 196 g/mol. The number of aromatic hydroxyl groups is 1. The van der Waals surface area contributed by atoms with Gasteiger partial charge >= 0.3 is 5.97 Å². The number of benzene rings is 1. The molecule has 3 N–H and O–H groups in total. The molecule has 2 atom stereocenters. The molecule has 0 bridgehead atoms. The highest BCUT2D eigenvalue weighted by Crippen LogP contribution is 2.24. The number of carboxylic acids is 1.